The highest BCUT2D eigenvalue weighted by Gasteiger charge is 2.27. The lowest BCUT2D eigenvalue weighted by atomic mass is 10.0. The highest BCUT2D eigenvalue weighted by Crippen LogP contribution is 2.21. The number of aromatic nitrogens is 2. The number of hydrogen-bond acceptors (Lipinski definition) is 4. The molecule has 25 heavy (non-hydrogen) atoms. The van der Waals surface area contributed by atoms with Crippen molar-refractivity contribution < 1.29 is 4.79 Å². The minimum Gasteiger partial charge on any atom is -0.355 e. The van der Waals surface area contributed by atoms with E-state index < -0.39 is 0 Å². The Labute approximate surface area is 147 Å². The van der Waals surface area contributed by atoms with Crippen molar-refractivity contribution in [3.05, 3.63) is 58.1 Å². The van der Waals surface area contributed by atoms with E-state index in [0.29, 0.717) is 5.56 Å². The zero-order valence-corrected chi connectivity index (χ0v) is 15.0. The molecular formula is C19H24N4O2. The predicted molar refractivity (Wildman–Crippen MR) is 98.0 cm³/mol. The molecule has 6 heteroatoms. The number of hydrogen-bond donors (Lipinski definition) is 0. The number of likely N-dealkylation sites (N-methyl/N-ethyl adjacent to an activating group) is 1. The summed E-state index contributed by atoms with van der Waals surface area (Å²) in [4.78, 5) is 32.9. The Morgan fingerprint density at radius 3 is 2.80 bits per heavy atom. The van der Waals surface area contributed by atoms with Gasteiger partial charge in [-0.3, -0.25) is 9.59 Å². The van der Waals surface area contributed by atoms with E-state index in [0.717, 1.165) is 37.4 Å². The fourth-order valence-corrected chi connectivity index (χ4v) is 3.27. The van der Waals surface area contributed by atoms with Crippen LogP contribution in [0.15, 0.2) is 41.3 Å². The standard InChI is InChI=1S/C19H24N4O2/c1-14-6-4-8-17(20-14)23-11-5-7-16(13-23)22(3)19(25)15-9-10-18(24)21(2)12-15/h4,6,8-10,12,16H,5,7,11,13H2,1-3H3. The van der Waals surface area contributed by atoms with Crippen LogP contribution in [0.25, 0.3) is 0 Å². The Hall–Kier alpha value is -2.63. The molecule has 0 bridgehead atoms. The van der Waals surface area contributed by atoms with Gasteiger partial charge in [0.25, 0.3) is 5.91 Å². The minimum absolute atomic E-state index is 0.0559. The van der Waals surface area contributed by atoms with Crippen molar-refractivity contribution in [3.8, 4) is 0 Å². The van der Waals surface area contributed by atoms with Gasteiger partial charge in [0.05, 0.1) is 5.56 Å². The molecule has 0 saturated carbocycles. The molecule has 3 heterocycles. The lowest BCUT2D eigenvalue weighted by Gasteiger charge is -2.38. The van der Waals surface area contributed by atoms with Gasteiger partial charge in [-0.1, -0.05) is 6.07 Å². The molecule has 1 saturated heterocycles. The van der Waals surface area contributed by atoms with Crippen molar-refractivity contribution in [1.29, 1.82) is 0 Å². The Morgan fingerprint density at radius 2 is 2.08 bits per heavy atom. The Balaban J connectivity index is 1.75. The fourth-order valence-electron chi connectivity index (χ4n) is 3.27. The summed E-state index contributed by atoms with van der Waals surface area (Å²) in [6, 6.07) is 9.18. The summed E-state index contributed by atoms with van der Waals surface area (Å²) in [5.41, 5.74) is 1.42. The summed E-state index contributed by atoms with van der Waals surface area (Å²) >= 11 is 0. The largest absolute Gasteiger partial charge is 0.355 e. The summed E-state index contributed by atoms with van der Waals surface area (Å²) in [7, 11) is 3.50. The Bertz CT molecular complexity index is 830. The van der Waals surface area contributed by atoms with Crippen LogP contribution in [0.2, 0.25) is 0 Å². The maximum atomic E-state index is 12.8. The van der Waals surface area contributed by atoms with E-state index in [2.05, 4.69) is 9.88 Å². The maximum Gasteiger partial charge on any atom is 0.255 e. The lowest BCUT2D eigenvalue weighted by Crippen LogP contribution is -2.49. The van der Waals surface area contributed by atoms with Gasteiger partial charge in [0, 0.05) is 51.2 Å². The van der Waals surface area contributed by atoms with Gasteiger partial charge < -0.3 is 14.4 Å². The topological polar surface area (TPSA) is 58.4 Å². The van der Waals surface area contributed by atoms with Crippen molar-refractivity contribution in [3.63, 3.8) is 0 Å². The first-order valence-corrected chi connectivity index (χ1v) is 8.58. The van der Waals surface area contributed by atoms with Gasteiger partial charge in [-0.2, -0.15) is 0 Å². The van der Waals surface area contributed by atoms with Crippen molar-refractivity contribution in [2.45, 2.75) is 25.8 Å². The van der Waals surface area contributed by atoms with Gasteiger partial charge in [-0.15, -0.1) is 0 Å². The quantitative estimate of drug-likeness (QED) is 0.855. The minimum atomic E-state index is -0.117. The molecule has 0 spiro atoms. The molecule has 1 unspecified atom stereocenters. The maximum absolute atomic E-state index is 12.8. The normalized spacial score (nSPS) is 17.4. The van der Waals surface area contributed by atoms with Gasteiger partial charge >= 0.3 is 0 Å². The van der Waals surface area contributed by atoms with E-state index >= 15 is 0 Å². The molecule has 1 atom stereocenters. The highest BCUT2D eigenvalue weighted by molar-refractivity contribution is 5.94. The summed E-state index contributed by atoms with van der Waals surface area (Å²) in [5, 5.41) is 0. The summed E-state index contributed by atoms with van der Waals surface area (Å²) in [6.07, 6.45) is 3.59. The van der Waals surface area contributed by atoms with Gasteiger partial charge in [-0.25, -0.2) is 4.98 Å². The lowest BCUT2D eigenvalue weighted by molar-refractivity contribution is 0.0716. The first-order valence-electron chi connectivity index (χ1n) is 8.58. The van der Waals surface area contributed by atoms with Crippen LogP contribution in [0.3, 0.4) is 0 Å². The molecular weight excluding hydrogens is 316 g/mol. The molecule has 0 radical (unpaired) electrons. The highest BCUT2D eigenvalue weighted by atomic mass is 16.2. The van der Waals surface area contributed by atoms with Crippen molar-refractivity contribution in [2.75, 3.05) is 25.0 Å². The fraction of sp³-hybridized carbons (Fsp3) is 0.421. The number of carbonyl (C=O) groups excluding carboxylic acids is 1. The zero-order valence-electron chi connectivity index (χ0n) is 15.0. The van der Waals surface area contributed by atoms with E-state index in [-0.39, 0.29) is 17.5 Å². The van der Waals surface area contributed by atoms with Crippen LogP contribution in [-0.4, -0.2) is 46.5 Å². The van der Waals surface area contributed by atoms with Crippen LogP contribution in [0.4, 0.5) is 5.82 Å². The molecule has 3 rings (SSSR count). The second-order valence-corrected chi connectivity index (χ2v) is 6.66. The van der Waals surface area contributed by atoms with Gasteiger partial charge in [-0.05, 0) is 38.0 Å². The summed E-state index contributed by atoms with van der Waals surface area (Å²) in [5.74, 6) is 0.910. The van der Waals surface area contributed by atoms with E-state index in [1.807, 2.05) is 32.2 Å². The third kappa shape index (κ3) is 3.73. The number of piperidine rings is 1. The van der Waals surface area contributed by atoms with Crippen LogP contribution in [0.1, 0.15) is 28.9 Å². The van der Waals surface area contributed by atoms with Crippen LogP contribution in [-0.2, 0) is 7.05 Å². The van der Waals surface area contributed by atoms with Crippen LogP contribution in [0, 0.1) is 6.92 Å². The Kier molecular flexibility index (Phi) is 4.88. The first kappa shape index (κ1) is 17.2. The second kappa shape index (κ2) is 7.09. The number of nitrogens with zero attached hydrogens (tertiary/aromatic N) is 4. The monoisotopic (exact) mass is 340 g/mol. The molecule has 0 N–H and O–H groups in total. The molecule has 1 amide bonds. The first-order chi connectivity index (χ1) is 12.0. The van der Waals surface area contributed by atoms with Gasteiger partial charge in [0.1, 0.15) is 5.82 Å². The number of anilines is 1. The second-order valence-electron chi connectivity index (χ2n) is 6.66. The zero-order chi connectivity index (χ0) is 18.0. The molecule has 2 aromatic rings. The van der Waals surface area contributed by atoms with Gasteiger partial charge in [0.2, 0.25) is 5.56 Å². The third-order valence-corrected chi connectivity index (χ3v) is 4.79. The average Bonchev–Trinajstić information content (AvgIpc) is 2.63. The molecule has 1 fully saturated rings. The number of pyridine rings is 2. The average molecular weight is 340 g/mol. The smallest absolute Gasteiger partial charge is 0.255 e. The number of amides is 1. The van der Waals surface area contributed by atoms with E-state index in [1.165, 1.54) is 10.6 Å². The predicted octanol–water partition coefficient (Wildman–Crippen LogP) is 1.83. The van der Waals surface area contributed by atoms with Crippen molar-refractivity contribution in [1.82, 2.24) is 14.5 Å². The number of rotatable bonds is 3. The van der Waals surface area contributed by atoms with E-state index in [4.69, 9.17) is 0 Å². The number of carbonyl (C=O) groups is 1. The SMILES string of the molecule is Cc1cccc(N2CCCC(N(C)C(=O)c3ccc(=O)n(C)c3)C2)n1. The summed E-state index contributed by atoms with van der Waals surface area (Å²) in [6.45, 7) is 3.71. The molecule has 132 valence electrons. The molecule has 1 aliphatic rings. The number of aryl methyl sites for hydroxylation is 2. The van der Waals surface area contributed by atoms with E-state index in [9.17, 15) is 9.59 Å². The Morgan fingerprint density at radius 1 is 1.28 bits per heavy atom. The van der Waals surface area contributed by atoms with Crippen LogP contribution < -0.4 is 10.5 Å². The molecule has 1 aliphatic heterocycles. The molecule has 2 aromatic heterocycles. The van der Waals surface area contributed by atoms with Gasteiger partial charge in [0.15, 0.2) is 0 Å². The van der Waals surface area contributed by atoms with Crippen molar-refractivity contribution >= 4 is 11.7 Å². The summed E-state index contributed by atoms with van der Waals surface area (Å²) < 4.78 is 1.44. The van der Waals surface area contributed by atoms with Crippen LogP contribution >= 0.6 is 0 Å². The van der Waals surface area contributed by atoms with Crippen LogP contribution in [0.5, 0.6) is 0 Å². The molecule has 0 aliphatic carbocycles. The van der Waals surface area contributed by atoms with E-state index in [1.54, 1.807) is 24.2 Å². The molecule has 0 aromatic carbocycles. The van der Waals surface area contributed by atoms with Crippen molar-refractivity contribution in [2.24, 2.45) is 7.05 Å². The molecule has 6 nitrogen and oxygen atoms in total. The third-order valence-electron chi connectivity index (χ3n) is 4.79.